The van der Waals surface area contributed by atoms with Gasteiger partial charge in [-0.1, -0.05) is 63.8 Å². The molecule has 0 bridgehead atoms. The zero-order valence-electron chi connectivity index (χ0n) is 27.2. The van der Waals surface area contributed by atoms with Gasteiger partial charge >= 0.3 is 0 Å². The molecule has 0 aliphatic heterocycles. The molecule has 1 aromatic heterocycles. The van der Waals surface area contributed by atoms with Gasteiger partial charge in [0.2, 0.25) is 0 Å². The summed E-state index contributed by atoms with van der Waals surface area (Å²) in [4.78, 5) is 1.25. The Morgan fingerprint density at radius 1 is 0.558 bits per heavy atom. The number of fused-ring (bicyclic) bond motifs is 1. The van der Waals surface area contributed by atoms with Crippen LogP contribution in [0.15, 0.2) is 36.4 Å². The summed E-state index contributed by atoms with van der Waals surface area (Å²) in [6.07, 6.45) is 22.7. The summed E-state index contributed by atoms with van der Waals surface area (Å²) < 4.78 is 16.2. The number of aryl methyl sites for hydroxylation is 1. The van der Waals surface area contributed by atoms with Gasteiger partial charge in [-0.05, 0) is 171 Å². The standard InChI is InChI=1S/C41H55FS/c1-26-4-9-29(10-5-26)31-14-18-33(19-15-31)36-22-23-37(34-20-16-32(17-21-34)30-11-6-27(2)7-12-30)41-38(36)25-40(43-41)35-13-8-28(3)39(42)24-35/h8,13,22-27,29-34H,4-7,9-12,14-21H2,1-3H3. The van der Waals surface area contributed by atoms with Crippen molar-refractivity contribution in [2.24, 2.45) is 35.5 Å². The fraction of sp³-hybridized carbons (Fsp3) is 0.659. The second-order valence-corrected chi connectivity index (χ2v) is 16.9. The second kappa shape index (κ2) is 13.0. The second-order valence-electron chi connectivity index (χ2n) is 15.8. The summed E-state index contributed by atoms with van der Waals surface area (Å²) in [7, 11) is 0. The van der Waals surface area contributed by atoms with Crippen LogP contribution in [0, 0.1) is 48.2 Å². The van der Waals surface area contributed by atoms with E-state index in [0.29, 0.717) is 11.8 Å². The summed E-state index contributed by atoms with van der Waals surface area (Å²) >= 11 is 1.95. The molecule has 0 spiro atoms. The lowest BCUT2D eigenvalue weighted by atomic mass is 9.67. The van der Waals surface area contributed by atoms with Gasteiger partial charge in [-0.3, -0.25) is 0 Å². The Morgan fingerprint density at radius 3 is 1.53 bits per heavy atom. The molecule has 1 heterocycles. The molecule has 4 aliphatic carbocycles. The van der Waals surface area contributed by atoms with E-state index in [4.69, 9.17) is 0 Å². The lowest BCUT2D eigenvalue weighted by Gasteiger charge is -2.38. The maximum atomic E-state index is 14.7. The van der Waals surface area contributed by atoms with Crippen molar-refractivity contribution in [3.8, 4) is 10.4 Å². The molecular weight excluding hydrogens is 544 g/mol. The number of rotatable bonds is 5. The Hall–Kier alpha value is -1.67. The molecule has 43 heavy (non-hydrogen) atoms. The van der Waals surface area contributed by atoms with Crippen molar-refractivity contribution in [2.45, 2.75) is 135 Å². The van der Waals surface area contributed by atoms with E-state index in [0.717, 1.165) is 46.6 Å². The minimum absolute atomic E-state index is 0.0822. The van der Waals surface area contributed by atoms with E-state index in [1.807, 2.05) is 24.3 Å². The van der Waals surface area contributed by atoms with Crippen molar-refractivity contribution in [2.75, 3.05) is 0 Å². The fourth-order valence-electron chi connectivity index (χ4n) is 10.0. The highest BCUT2D eigenvalue weighted by molar-refractivity contribution is 7.22. The van der Waals surface area contributed by atoms with Crippen molar-refractivity contribution in [1.82, 2.24) is 0 Å². The Bertz CT molecular complexity index is 1290. The molecular formula is C41H55FS. The predicted octanol–water partition coefficient (Wildman–Crippen LogP) is 13.2. The van der Waals surface area contributed by atoms with Crippen molar-refractivity contribution >= 4 is 21.4 Å². The number of halogens is 1. The van der Waals surface area contributed by atoms with Crippen LogP contribution in [0.1, 0.15) is 145 Å². The average molecular weight is 599 g/mol. The maximum Gasteiger partial charge on any atom is 0.126 e. The monoisotopic (exact) mass is 598 g/mol. The van der Waals surface area contributed by atoms with Crippen LogP contribution in [0.25, 0.3) is 20.5 Å². The largest absolute Gasteiger partial charge is 0.207 e. The molecule has 0 saturated heterocycles. The van der Waals surface area contributed by atoms with E-state index in [2.05, 4.69) is 38.1 Å². The molecule has 0 nitrogen and oxygen atoms in total. The number of hydrogen-bond donors (Lipinski definition) is 0. The molecule has 2 aromatic carbocycles. The third kappa shape index (κ3) is 6.39. The van der Waals surface area contributed by atoms with Crippen LogP contribution in [0.5, 0.6) is 0 Å². The third-order valence-electron chi connectivity index (χ3n) is 13.1. The lowest BCUT2D eigenvalue weighted by molar-refractivity contribution is 0.165. The van der Waals surface area contributed by atoms with Gasteiger partial charge < -0.3 is 0 Å². The van der Waals surface area contributed by atoms with Gasteiger partial charge in [-0.15, -0.1) is 11.3 Å². The van der Waals surface area contributed by atoms with E-state index >= 15 is 0 Å². The van der Waals surface area contributed by atoms with Gasteiger partial charge in [0.05, 0.1) is 0 Å². The molecule has 3 aromatic rings. The SMILES string of the molecule is Cc1ccc(-c2cc3c(C4CCC(C5CCC(C)CC5)CC4)ccc(C4CCC(C5CCC(C)CC5)CC4)c3s2)cc1F. The number of thiophene rings is 1. The van der Waals surface area contributed by atoms with E-state index in [1.165, 1.54) is 118 Å². The molecule has 232 valence electrons. The molecule has 0 radical (unpaired) electrons. The minimum atomic E-state index is -0.0822. The Morgan fingerprint density at radius 2 is 1.02 bits per heavy atom. The first-order valence-corrected chi connectivity index (χ1v) is 19.1. The van der Waals surface area contributed by atoms with Crippen LogP contribution in [0.4, 0.5) is 4.39 Å². The first kappa shape index (κ1) is 30.0. The number of hydrogen-bond acceptors (Lipinski definition) is 1. The van der Waals surface area contributed by atoms with Crippen molar-refractivity contribution in [3.05, 3.63) is 58.9 Å². The van der Waals surface area contributed by atoms with Gasteiger partial charge in [0, 0.05) is 9.58 Å². The van der Waals surface area contributed by atoms with E-state index < -0.39 is 0 Å². The summed E-state index contributed by atoms with van der Waals surface area (Å²) in [5.74, 6) is 7.04. The molecule has 4 saturated carbocycles. The van der Waals surface area contributed by atoms with E-state index in [-0.39, 0.29) is 5.82 Å². The molecule has 0 unspecified atom stereocenters. The lowest BCUT2D eigenvalue weighted by Crippen LogP contribution is -2.25. The zero-order chi connectivity index (χ0) is 29.5. The number of benzene rings is 2. The molecule has 2 heteroatoms. The smallest absolute Gasteiger partial charge is 0.126 e. The summed E-state index contributed by atoms with van der Waals surface area (Å²) in [5, 5.41) is 1.50. The van der Waals surface area contributed by atoms with Crippen LogP contribution < -0.4 is 0 Å². The minimum Gasteiger partial charge on any atom is -0.207 e. The van der Waals surface area contributed by atoms with Gasteiger partial charge in [0.15, 0.2) is 0 Å². The fourth-order valence-corrected chi connectivity index (χ4v) is 11.3. The molecule has 0 amide bonds. The van der Waals surface area contributed by atoms with E-state index in [9.17, 15) is 4.39 Å². The maximum absolute atomic E-state index is 14.7. The highest BCUT2D eigenvalue weighted by atomic mass is 32.1. The van der Waals surface area contributed by atoms with E-state index in [1.54, 1.807) is 17.2 Å². The molecule has 0 atom stereocenters. The van der Waals surface area contributed by atoms with Crippen molar-refractivity contribution in [1.29, 1.82) is 0 Å². The first-order chi connectivity index (χ1) is 20.9. The van der Waals surface area contributed by atoms with Gasteiger partial charge in [0.25, 0.3) is 0 Å². The quantitative estimate of drug-likeness (QED) is 0.274. The Kier molecular flexibility index (Phi) is 9.06. The third-order valence-corrected chi connectivity index (χ3v) is 14.3. The summed E-state index contributed by atoms with van der Waals surface area (Å²) in [6.45, 7) is 6.77. The zero-order valence-corrected chi connectivity index (χ0v) is 28.0. The van der Waals surface area contributed by atoms with Crippen molar-refractivity contribution in [3.63, 3.8) is 0 Å². The highest BCUT2D eigenvalue weighted by Gasteiger charge is 2.34. The van der Waals surface area contributed by atoms with Gasteiger partial charge in [-0.25, -0.2) is 4.39 Å². The topological polar surface area (TPSA) is 0 Å². The molecule has 0 N–H and O–H groups in total. The molecule has 4 fully saturated rings. The average Bonchev–Trinajstić information content (AvgIpc) is 3.49. The van der Waals surface area contributed by atoms with Gasteiger partial charge in [-0.2, -0.15) is 0 Å². The van der Waals surface area contributed by atoms with Crippen LogP contribution in [0.2, 0.25) is 0 Å². The summed E-state index contributed by atoms with van der Waals surface area (Å²) in [5.41, 5.74) is 4.98. The van der Waals surface area contributed by atoms with Gasteiger partial charge in [0.1, 0.15) is 5.82 Å². The Balaban J connectivity index is 1.13. The summed E-state index contributed by atoms with van der Waals surface area (Å²) in [6, 6.07) is 13.4. The Labute approximate surface area is 265 Å². The van der Waals surface area contributed by atoms with Crippen LogP contribution in [0.3, 0.4) is 0 Å². The first-order valence-electron chi connectivity index (χ1n) is 18.3. The normalized spacial score (nSPS) is 34.0. The highest BCUT2D eigenvalue weighted by Crippen LogP contribution is 2.50. The van der Waals surface area contributed by atoms with Crippen LogP contribution in [-0.4, -0.2) is 0 Å². The molecule has 7 rings (SSSR count). The van der Waals surface area contributed by atoms with Crippen molar-refractivity contribution < 1.29 is 4.39 Å². The van der Waals surface area contributed by atoms with Crippen LogP contribution in [-0.2, 0) is 0 Å². The predicted molar refractivity (Wildman–Crippen MR) is 184 cm³/mol. The van der Waals surface area contributed by atoms with Crippen LogP contribution >= 0.6 is 11.3 Å². The molecule has 4 aliphatic rings.